The monoisotopic (exact) mass is 309 g/mol. The van der Waals surface area contributed by atoms with Crippen molar-refractivity contribution in [1.82, 2.24) is 5.32 Å². The van der Waals surface area contributed by atoms with Crippen molar-refractivity contribution in [2.75, 3.05) is 7.05 Å². The largest absolute Gasteiger partial charge is 0.312 e. The number of nitrogens with one attached hydrogen (secondary N) is 1. The number of thiophene rings is 1. The first-order valence-electron chi connectivity index (χ1n) is 5.77. The molecule has 2 rings (SSSR count). The molecule has 0 radical (unpaired) electrons. The van der Waals surface area contributed by atoms with Crippen molar-refractivity contribution in [3.8, 4) is 10.4 Å². The van der Waals surface area contributed by atoms with Gasteiger partial charge < -0.3 is 5.32 Å². The fourth-order valence-electron chi connectivity index (χ4n) is 1.88. The van der Waals surface area contributed by atoms with Crippen LogP contribution in [0.25, 0.3) is 10.4 Å². The molecule has 1 aromatic carbocycles. The summed E-state index contributed by atoms with van der Waals surface area (Å²) < 4.78 is 1.13. The Balaban J connectivity index is 2.29. The predicted octanol–water partition coefficient (Wildman–Crippen LogP) is 4.85. The van der Waals surface area contributed by atoms with E-state index in [1.165, 1.54) is 15.3 Å². The van der Waals surface area contributed by atoms with Crippen LogP contribution in [0.5, 0.6) is 0 Å². The van der Waals surface area contributed by atoms with Gasteiger partial charge in [0.2, 0.25) is 0 Å². The molecule has 0 saturated carbocycles. The van der Waals surface area contributed by atoms with Gasteiger partial charge >= 0.3 is 0 Å². The molecule has 0 aliphatic rings. The van der Waals surface area contributed by atoms with E-state index in [1.807, 2.05) is 18.4 Å². The van der Waals surface area contributed by atoms with Crippen LogP contribution in [0.2, 0.25) is 0 Å². The lowest BCUT2D eigenvalue weighted by atomic mass is 10.1. The van der Waals surface area contributed by atoms with Crippen molar-refractivity contribution in [2.45, 2.75) is 19.4 Å². The molecule has 0 aliphatic carbocycles. The summed E-state index contributed by atoms with van der Waals surface area (Å²) in [5, 5.41) is 3.35. The summed E-state index contributed by atoms with van der Waals surface area (Å²) in [5.74, 6) is 0. The highest BCUT2D eigenvalue weighted by Gasteiger charge is 2.10. The van der Waals surface area contributed by atoms with Crippen molar-refractivity contribution in [1.29, 1.82) is 0 Å². The third-order valence-electron chi connectivity index (χ3n) is 2.84. The highest BCUT2D eigenvalue weighted by atomic mass is 79.9. The van der Waals surface area contributed by atoms with Gasteiger partial charge in [0, 0.05) is 20.3 Å². The number of halogens is 1. The van der Waals surface area contributed by atoms with Gasteiger partial charge in [-0.25, -0.2) is 0 Å². The predicted molar refractivity (Wildman–Crippen MR) is 79.5 cm³/mol. The summed E-state index contributed by atoms with van der Waals surface area (Å²) in [6.45, 7) is 2.21. The highest BCUT2D eigenvalue weighted by molar-refractivity contribution is 9.10. The van der Waals surface area contributed by atoms with Crippen molar-refractivity contribution in [3.63, 3.8) is 0 Å². The van der Waals surface area contributed by atoms with E-state index in [-0.39, 0.29) is 0 Å². The summed E-state index contributed by atoms with van der Waals surface area (Å²) in [6, 6.07) is 13.4. The average molecular weight is 310 g/mol. The molecule has 0 bridgehead atoms. The van der Waals surface area contributed by atoms with Crippen LogP contribution in [-0.4, -0.2) is 7.05 Å². The first-order chi connectivity index (χ1) is 8.24. The topological polar surface area (TPSA) is 12.0 Å². The molecule has 0 aliphatic heterocycles. The summed E-state index contributed by atoms with van der Waals surface area (Å²) in [6.07, 6.45) is 1.12. The smallest absolute Gasteiger partial charge is 0.0409 e. The maximum absolute atomic E-state index is 3.51. The Bertz CT molecular complexity index is 488. The maximum Gasteiger partial charge on any atom is 0.0409 e. The molecule has 0 spiro atoms. The molecule has 2 aromatic rings. The summed E-state index contributed by atoms with van der Waals surface area (Å²) in [5.41, 5.74) is 1.28. The van der Waals surface area contributed by atoms with Crippen LogP contribution in [0.4, 0.5) is 0 Å². The summed E-state index contributed by atoms with van der Waals surface area (Å²) >= 11 is 5.38. The van der Waals surface area contributed by atoms with Crippen LogP contribution in [0.3, 0.4) is 0 Å². The Hall–Kier alpha value is -0.640. The van der Waals surface area contributed by atoms with Crippen LogP contribution >= 0.6 is 27.3 Å². The first kappa shape index (κ1) is 12.8. The fourth-order valence-corrected chi connectivity index (χ4v) is 3.48. The summed E-state index contributed by atoms with van der Waals surface area (Å²) in [4.78, 5) is 2.74. The van der Waals surface area contributed by atoms with Gasteiger partial charge in [-0.2, -0.15) is 0 Å². The van der Waals surface area contributed by atoms with Gasteiger partial charge in [0.15, 0.2) is 0 Å². The van der Waals surface area contributed by atoms with Crippen molar-refractivity contribution >= 4 is 27.3 Å². The van der Waals surface area contributed by atoms with E-state index in [1.54, 1.807) is 0 Å². The van der Waals surface area contributed by atoms with Gasteiger partial charge in [0.25, 0.3) is 0 Å². The Labute approximate surface area is 115 Å². The molecule has 0 amide bonds. The van der Waals surface area contributed by atoms with E-state index in [4.69, 9.17) is 0 Å². The van der Waals surface area contributed by atoms with E-state index in [2.05, 4.69) is 64.6 Å². The molecule has 1 N–H and O–H groups in total. The van der Waals surface area contributed by atoms with Crippen molar-refractivity contribution in [3.05, 3.63) is 45.7 Å². The molecule has 17 heavy (non-hydrogen) atoms. The molecule has 1 atom stereocenters. The number of hydrogen-bond acceptors (Lipinski definition) is 2. The van der Waals surface area contributed by atoms with Crippen LogP contribution in [0.1, 0.15) is 24.3 Å². The fraction of sp³-hybridized carbons (Fsp3) is 0.286. The second-order valence-electron chi connectivity index (χ2n) is 3.96. The van der Waals surface area contributed by atoms with Crippen LogP contribution < -0.4 is 5.32 Å². The average Bonchev–Trinajstić information content (AvgIpc) is 2.80. The van der Waals surface area contributed by atoms with Gasteiger partial charge in [-0.05, 0) is 43.3 Å². The molecule has 90 valence electrons. The lowest BCUT2D eigenvalue weighted by Crippen LogP contribution is -2.13. The van der Waals surface area contributed by atoms with E-state index < -0.39 is 0 Å². The molecule has 3 heteroatoms. The maximum atomic E-state index is 3.51. The lowest BCUT2D eigenvalue weighted by Gasteiger charge is -2.10. The van der Waals surface area contributed by atoms with E-state index in [9.17, 15) is 0 Å². The number of benzene rings is 1. The standard InChI is InChI=1S/C14H16BrNS/c1-3-12(16-2)14-8-7-13(17-14)10-5-4-6-11(15)9-10/h4-9,12,16H,3H2,1-2H3. The normalized spacial score (nSPS) is 12.6. The lowest BCUT2D eigenvalue weighted by molar-refractivity contribution is 0.586. The molecular weight excluding hydrogens is 294 g/mol. The van der Waals surface area contributed by atoms with E-state index >= 15 is 0 Å². The Kier molecular flexibility index (Phi) is 4.37. The van der Waals surface area contributed by atoms with Gasteiger partial charge in [0.1, 0.15) is 0 Å². The Morgan fingerprint density at radius 2 is 2.12 bits per heavy atom. The zero-order valence-electron chi connectivity index (χ0n) is 10.0. The zero-order valence-corrected chi connectivity index (χ0v) is 12.4. The van der Waals surface area contributed by atoms with Crippen LogP contribution in [-0.2, 0) is 0 Å². The van der Waals surface area contributed by atoms with Gasteiger partial charge in [-0.1, -0.05) is 35.0 Å². The second kappa shape index (κ2) is 5.80. The molecule has 0 fully saturated rings. The third-order valence-corrected chi connectivity index (χ3v) is 4.58. The van der Waals surface area contributed by atoms with Crippen LogP contribution in [0.15, 0.2) is 40.9 Å². The SMILES string of the molecule is CCC(NC)c1ccc(-c2cccc(Br)c2)s1. The van der Waals surface area contributed by atoms with Crippen molar-refractivity contribution < 1.29 is 0 Å². The second-order valence-corrected chi connectivity index (χ2v) is 5.99. The Morgan fingerprint density at radius 3 is 2.76 bits per heavy atom. The van der Waals surface area contributed by atoms with E-state index in [0.29, 0.717) is 6.04 Å². The minimum Gasteiger partial charge on any atom is -0.312 e. The minimum absolute atomic E-state index is 0.473. The molecule has 1 heterocycles. The quantitative estimate of drug-likeness (QED) is 0.851. The molecule has 1 nitrogen and oxygen atoms in total. The zero-order chi connectivity index (χ0) is 12.3. The third kappa shape index (κ3) is 2.97. The van der Waals surface area contributed by atoms with Crippen LogP contribution in [0, 0.1) is 0 Å². The van der Waals surface area contributed by atoms with Crippen molar-refractivity contribution in [2.24, 2.45) is 0 Å². The molecule has 0 saturated heterocycles. The van der Waals surface area contributed by atoms with Gasteiger partial charge in [0.05, 0.1) is 0 Å². The van der Waals surface area contributed by atoms with Gasteiger partial charge in [-0.15, -0.1) is 11.3 Å². The number of hydrogen-bond donors (Lipinski definition) is 1. The van der Waals surface area contributed by atoms with E-state index in [0.717, 1.165) is 10.9 Å². The highest BCUT2D eigenvalue weighted by Crippen LogP contribution is 2.33. The summed E-state index contributed by atoms with van der Waals surface area (Å²) in [7, 11) is 2.02. The molecule has 1 aromatic heterocycles. The minimum atomic E-state index is 0.473. The molecule has 1 unspecified atom stereocenters. The first-order valence-corrected chi connectivity index (χ1v) is 7.38. The molecular formula is C14H16BrNS. The van der Waals surface area contributed by atoms with Gasteiger partial charge in [-0.3, -0.25) is 0 Å². The Morgan fingerprint density at radius 1 is 1.29 bits per heavy atom. The number of rotatable bonds is 4.